The maximum atomic E-state index is 10.7. The molecule has 2 heterocycles. The lowest BCUT2D eigenvalue weighted by molar-refractivity contribution is -0.136. The zero-order valence-electron chi connectivity index (χ0n) is 12.2. The van der Waals surface area contributed by atoms with Crippen LogP contribution in [0.5, 0.6) is 0 Å². The molecule has 7 heteroatoms. The molecule has 0 unspecified atom stereocenters. The summed E-state index contributed by atoms with van der Waals surface area (Å²) in [5.41, 5.74) is 3.20. The fourth-order valence-corrected chi connectivity index (χ4v) is 2.39. The molecule has 0 bridgehead atoms. The van der Waals surface area contributed by atoms with E-state index in [9.17, 15) is 4.79 Å². The minimum atomic E-state index is -0.843. The van der Waals surface area contributed by atoms with Gasteiger partial charge in [0.2, 0.25) is 0 Å². The monoisotopic (exact) mass is 297 g/mol. The van der Waals surface area contributed by atoms with Crippen molar-refractivity contribution in [3.63, 3.8) is 0 Å². The summed E-state index contributed by atoms with van der Waals surface area (Å²) in [4.78, 5) is 19.2. The summed E-state index contributed by atoms with van der Waals surface area (Å²) < 4.78 is 1.72. The molecule has 0 saturated carbocycles. The van der Waals surface area contributed by atoms with Gasteiger partial charge in [-0.15, -0.1) is 0 Å². The molecule has 0 aliphatic rings. The van der Waals surface area contributed by atoms with Crippen LogP contribution in [0, 0.1) is 6.92 Å². The molecule has 0 spiro atoms. The number of aliphatic carboxylic acids is 1. The third kappa shape index (κ3) is 2.60. The summed E-state index contributed by atoms with van der Waals surface area (Å²) in [6, 6.07) is 7.23. The molecule has 22 heavy (non-hydrogen) atoms. The predicted molar refractivity (Wildman–Crippen MR) is 82.1 cm³/mol. The highest BCUT2D eigenvalue weighted by atomic mass is 16.4. The van der Waals surface area contributed by atoms with Crippen molar-refractivity contribution < 1.29 is 9.90 Å². The number of rotatable bonds is 4. The quantitative estimate of drug-likeness (QED) is 0.765. The van der Waals surface area contributed by atoms with Crippen LogP contribution < -0.4 is 5.32 Å². The minimum Gasteiger partial charge on any atom is -0.481 e. The molecule has 3 rings (SSSR count). The molecule has 0 saturated heterocycles. The van der Waals surface area contributed by atoms with Gasteiger partial charge in [-0.25, -0.2) is 9.97 Å². The first-order valence-corrected chi connectivity index (χ1v) is 6.76. The van der Waals surface area contributed by atoms with Crippen molar-refractivity contribution in [1.29, 1.82) is 0 Å². The number of nitrogens with zero attached hydrogens (tertiary/aromatic N) is 4. The lowest BCUT2D eigenvalue weighted by Gasteiger charge is -2.07. The molecule has 0 atom stereocenters. The summed E-state index contributed by atoms with van der Waals surface area (Å²) in [6.07, 6.45) is 1.50. The molecule has 0 radical (unpaired) electrons. The Bertz CT molecular complexity index is 839. The van der Waals surface area contributed by atoms with Crippen LogP contribution in [-0.4, -0.2) is 30.8 Å². The number of hydrogen-bond donors (Lipinski definition) is 2. The van der Waals surface area contributed by atoms with Crippen molar-refractivity contribution in [3.8, 4) is 0 Å². The van der Waals surface area contributed by atoms with Crippen LogP contribution in [-0.2, 0) is 18.3 Å². The van der Waals surface area contributed by atoms with Gasteiger partial charge < -0.3 is 10.4 Å². The van der Waals surface area contributed by atoms with Gasteiger partial charge in [-0.3, -0.25) is 9.48 Å². The van der Waals surface area contributed by atoms with Crippen molar-refractivity contribution in [3.05, 3.63) is 41.9 Å². The molecule has 2 aromatic heterocycles. The van der Waals surface area contributed by atoms with Gasteiger partial charge in [-0.1, -0.05) is 12.1 Å². The van der Waals surface area contributed by atoms with Crippen molar-refractivity contribution in [2.75, 3.05) is 5.32 Å². The zero-order chi connectivity index (χ0) is 15.7. The Labute approximate surface area is 126 Å². The lowest BCUT2D eigenvalue weighted by Crippen LogP contribution is -2.00. The second-order valence-corrected chi connectivity index (χ2v) is 5.02. The molecule has 0 amide bonds. The van der Waals surface area contributed by atoms with Crippen LogP contribution in [0.4, 0.5) is 11.5 Å². The molecular weight excluding hydrogens is 282 g/mol. The third-order valence-corrected chi connectivity index (χ3v) is 3.37. The van der Waals surface area contributed by atoms with E-state index in [4.69, 9.17) is 5.11 Å². The summed E-state index contributed by atoms with van der Waals surface area (Å²) in [5.74, 6) is -0.161. The first-order chi connectivity index (χ1) is 10.5. The van der Waals surface area contributed by atoms with Crippen LogP contribution in [0.15, 0.2) is 30.6 Å². The van der Waals surface area contributed by atoms with Crippen molar-refractivity contribution >= 4 is 28.5 Å². The molecule has 0 fully saturated rings. The Morgan fingerprint density at radius 3 is 2.68 bits per heavy atom. The predicted octanol–water partition coefficient (Wildman–Crippen LogP) is 2.04. The Morgan fingerprint density at radius 2 is 2.00 bits per heavy atom. The maximum Gasteiger partial charge on any atom is 0.307 e. The molecule has 2 N–H and O–H groups in total. The number of fused-ring (bicyclic) bond motifs is 1. The summed E-state index contributed by atoms with van der Waals surface area (Å²) >= 11 is 0. The van der Waals surface area contributed by atoms with Crippen LogP contribution in [0.25, 0.3) is 11.0 Å². The lowest BCUT2D eigenvalue weighted by atomic mass is 10.1. The van der Waals surface area contributed by atoms with Crippen molar-refractivity contribution in [2.24, 2.45) is 7.05 Å². The number of anilines is 2. The fourth-order valence-electron chi connectivity index (χ4n) is 2.39. The Hall–Kier alpha value is -2.96. The normalized spacial score (nSPS) is 10.8. The second kappa shape index (κ2) is 5.44. The molecule has 0 aliphatic heterocycles. The average Bonchev–Trinajstić information content (AvgIpc) is 2.77. The number of hydrogen-bond acceptors (Lipinski definition) is 5. The van der Waals surface area contributed by atoms with E-state index in [0.717, 1.165) is 28.0 Å². The highest BCUT2D eigenvalue weighted by Gasteiger charge is 2.12. The highest BCUT2D eigenvalue weighted by Crippen LogP contribution is 2.25. The van der Waals surface area contributed by atoms with Gasteiger partial charge in [0.1, 0.15) is 12.1 Å². The number of carboxylic acids is 1. The van der Waals surface area contributed by atoms with Gasteiger partial charge >= 0.3 is 5.97 Å². The Balaban J connectivity index is 1.91. The van der Waals surface area contributed by atoms with Crippen molar-refractivity contribution in [2.45, 2.75) is 13.3 Å². The SMILES string of the molecule is Cc1nn(C)c2ncnc(Nc3ccc(CC(=O)O)cc3)c12. The Kier molecular flexibility index (Phi) is 3.46. The smallest absolute Gasteiger partial charge is 0.307 e. The van der Waals surface area contributed by atoms with Gasteiger partial charge in [0, 0.05) is 12.7 Å². The summed E-state index contributed by atoms with van der Waals surface area (Å²) in [7, 11) is 1.84. The molecule has 0 aliphatic carbocycles. The van der Waals surface area contributed by atoms with E-state index in [1.165, 1.54) is 6.33 Å². The second-order valence-electron chi connectivity index (χ2n) is 5.02. The first-order valence-electron chi connectivity index (χ1n) is 6.76. The van der Waals surface area contributed by atoms with Gasteiger partial charge in [-0.05, 0) is 24.6 Å². The largest absolute Gasteiger partial charge is 0.481 e. The fraction of sp³-hybridized carbons (Fsp3) is 0.200. The van der Waals surface area contributed by atoms with Gasteiger partial charge in [0.25, 0.3) is 0 Å². The minimum absolute atomic E-state index is 0.0136. The van der Waals surface area contributed by atoms with Crippen molar-refractivity contribution in [1.82, 2.24) is 19.7 Å². The van der Waals surface area contributed by atoms with E-state index in [1.54, 1.807) is 16.8 Å². The Morgan fingerprint density at radius 1 is 1.27 bits per heavy atom. The van der Waals surface area contributed by atoms with E-state index in [0.29, 0.717) is 5.82 Å². The number of aryl methyl sites for hydroxylation is 2. The zero-order valence-corrected chi connectivity index (χ0v) is 12.2. The van der Waals surface area contributed by atoms with Crippen LogP contribution >= 0.6 is 0 Å². The summed E-state index contributed by atoms with van der Waals surface area (Å²) in [6.45, 7) is 1.91. The molecule has 7 nitrogen and oxygen atoms in total. The third-order valence-electron chi connectivity index (χ3n) is 3.37. The molecule has 3 aromatic rings. The number of nitrogens with one attached hydrogen (secondary N) is 1. The molecule has 112 valence electrons. The van der Waals surface area contributed by atoms with E-state index >= 15 is 0 Å². The molecule has 1 aromatic carbocycles. The van der Waals surface area contributed by atoms with E-state index < -0.39 is 5.97 Å². The number of carbonyl (C=O) groups is 1. The van der Waals surface area contributed by atoms with Gasteiger partial charge in [0.15, 0.2) is 5.65 Å². The van der Waals surface area contributed by atoms with E-state index in [2.05, 4.69) is 20.4 Å². The van der Waals surface area contributed by atoms with Gasteiger partial charge in [0.05, 0.1) is 17.5 Å². The van der Waals surface area contributed by atoms with Crippen LogP contribution in [0.1, 0.15) is 11.3 Å². The van der Waals surface area contributed by atoms with E-state index in [1.807, 2.05) is 26.1 Å². The van der Waals surface area contributed by atoms with E-state index in [-0.39, 0.29) is 6.42 Å². The van der Waals surface area contributed by atoms with Crippen LogP contribution in [0.3, 0.4) is 0 Å². The average molecular weight is 297 g/mol. The van der Waals surface area contributed by atoms with Gasteiger partial charge in [-0.2, -0.15) is 5.10 Å². The molecular formula is C15H15N5O2. The number of benzene rings is 1. The highest BCUT2D eigenvalue weighted by molar-refractivity contribution is 5.90. The standard InChI is InChI=1S/C15H15N5O2/c1-9-13-14(16-8-17-15(13)20(2)19-9)18-11-5-3-10(4-6-11)7-12(21)22/h3-6,8H,7H2,1-2H3,(H,21,22)(H,16,17,18). The number of carboxylic acid groups (broad SMARTS) is 1. The number of aromatic nitrogens is 4. The topological polar surface area (TPSA) is 92.9 Å². The maximum absolute atomic E-state index is 10.7. The summed E-state index contributed by atoms with van der Waals surface area (Å²) in [5, 5.41) is 17.2. The first kappa shape index (κ1) is 14.0. The van der Waals surface area contributed by atoms with Crippen LogP contribution in [0.2, 0.25) is 0 Å².